The molecule has 19 heavy (non-hydrogen) atoms. The van der Waals surface area contributed by atoms with Crippen molar-refractivity contribution in [2.75, 3.05) is 26.2 Å². The first kappa shape index (κ1) is 15.3. The Hall–Kier alpha value is -0.120. The lowest BCUT2D eigenvalue weighted by Gasteiger charge is -2.43. The molecule has 3 heteroatoms. The molecule has 1 heterocycles. The maximum Gasteiger partial charge on any atom is 0.0556 e. The molecule has 2 aliphatic rings. The normalized spacial score (nSPS) is 30.6. The van der Waals surface area contributed by atoms with Crippen LogP contribution in [0.5, 0.6) is 0 Å². The van der Waals surface area contributed by atoms with Crippen LogP contribution < -0.4 is 5.32 Å². The Morgan fingerprint density at radius 2 is 1.95 bits per heavy atom. The van der Waals surface area contributed by atoms with E-state index in [2.05, 4.69) is 17.1 Å². The van der Waals surface area contributed by atoms with Gasteiger partial charge in [0.25, 0.3) is 0 Å². The van der Waals surface area contributed by atoms with Gasteiger partial charge in [0, 0.05) is 31.7 Å². The van der Waals surface area contributed by atoms with Crippen molar-refractivity contribution < 1.29 is 5.11 Å². The summed E-state index contributed by atoms with van der Waals surface area (Å²) < 4.78 is 0. The highest BCUT2D eigenvalue weighted by Crippen LogP contribution is 2.28. The highest BCUT2D eigenvalue weighted by atomic mass is 16.3. The molecule has 0 aromatic heterocycles. The molecule has 0 radical (unpaired) electrons. The quantitative estimate of drug-likeness (QED) is 0.776. The first-order valence-electron chi connectivity index (χ1n) is 8.41. The van der Waals surface area contributed by atoms with Gasteiger partial charge in [-0.05, 0) is 31.6 Å². The highest BCUT2D eigenvalue weighted by molar-refractivity contribution is 4.87. The van der Waals surface area contributed by atoms with Gasteiger partial charge in [-0.25, -0.2) is 0 Å². The van der Waals surface area contributed by atoms with E-state index in [1.807, 2.05) is 0 Å². The molecule has 0 spiro atoms. The molecule has 2 unspecified atom stereocenters. The summed E-state index contributed by atoms with van der Waals surface area (Å²) in [6.45, 7) is 5.83. The van der Waals surface area contributed by atoms with Gasteiger partial charge in [0.15, 0.2) is 0 Å². The number of piperidine rings is 1. The summed E-state index contributed by atoms with van der Waals surface area (Å²) in [6, 6.07) is 1.44. The van der Waals surface area contributed by atoms with Gasteiger partial charge in [0.2, 0.25) is 0 Å². The highest BCUT2D eigenvalue weighted by Gasteiger charge is 2.31. The molecule has 112 valence electrons. The third kappa shape index (κ3) is 4.73. The number of nitrogens with one attached hydrogen (secondary N) is 1. The second kappa shape index (κ2) is 8.23. The first-order chi connectivity index (χ1) is 9.33. The molecular weight excluding hydrogens is 236 g/mol. The van der Waals surface area contributed by atoms with Crippen molar-refractivity contribution in [1.82, 2.24) is 10.2 Å². The molecule has 1 saturated heterocycles. The van der Waals surface area contributed by atoms with E-state index >= 15 is 0 Å². The van der Waals surface area contributed by atoms with Crippen molar-refractivity contribution in [3.05, 3.63) is 0 Å². The Morgan fingerprint density at radius 3 is 2.63 bits per heavy atom. The van der Waals surface area contributed by atoms with Crippen LogP contribution in [0.4, 0.5) is 0 Å². The summed E-state index contributed by atoms with van der Waals surface area (Å²) in [5.74, 6) is 0.858. The van der Waals surface area contributed by atoms with E-state index in [1.165, 1.54) is 64.5 Å². The lowest BCUT2D eigenvalue weighted by Crippen LogP contribution is -2.53. The predicted octanol–water partition coefficient (Wildman–Crippen LogP) is 2.39. The fourth-order valence-corrected chi connectivity index (χ4v) is 4.02. The van der Waals surface area contributed by atoms with Crippen LogP contribution in [-0.2, 0) is 0 Å². The van der Waals surface area contributed by atoms with Crippen molar-refractivity contribution in [3.8, 4) is 0 Å². The number of likely N-dealkylation sites (tertiary alicyclic amines) is 1. The van der Waals surface area contributed by atoms with E-state index in [0.717, 1.165) is 18.5 Å². The summed E-state index contributed by atoms with van der Waals surface area (Å²) in [4.78, 5) is 2.76. The van der Waals surface area contributed by atoms with Crippen LogP contribution in [0.1, 0.15) is 58.3 Å². The van der Waals surface area contributed by atoms with Crippen molar-refractivity contribution in [1.29, 1.82) is 0 Å². The molecule has 0 aromatic carbocycles. The number of hydrogen-bond acceptors (Lipinski definition) is 3. The standard InChI is InChI=1S/C16H32N2O/c1-2-6-14-11-15(17-9-10-19)13-18(12-14)16-7-4-3-5-8-16/h14-17,19H,2-13H2,1H3. The number of aliphatic hydroxyl groups is 1. The molecule has 2 fully saturated rings. The van der Waals surface area contributed by atoms with E-state index in [0.29, 0.717) is 6.04 Å². The summed E-state index contributed by atoms with van der Waals surface area (Å²) in [5, 5.41) is 12.5. The van der Waals surface area contributed by atoms with Gasteiger partial charge in [0.05, 0.1) is 6.61 Å². The van der Waals surface area contributed by atoms with Crippen molar-refractivity contribution in [2.45, 2.75) is 70.4 Å². The molecule has 0 amide bonds. The van der Waals surface area contributed by atoms with E-state index in [1.54, 1.807) is 0 Å². The number of hydrogen-bond donors (Lipinski definition) is 2. The van der Waals surface area contributed by atoms with Gasteiger partial charge < -0.3 is 10.4 Å². The monoisotopic (exact) mass is 268 g/mol. The Morgan fingerprint density at radius 1 is 1.16 bits per heavy atom. The van der Waals surface area contributed by atoms with Gasteiger partial charge in [-0.1, -0.05) is 32.6 Å². The zero-order chi connectivity index (χ0) is 13.5. The van der Waals surface area contributed by atoms with Crippen molar-refractivity contribution in [2.24, 2.45) is 5.92 Å². The van der Waals surface area contributed by atoms with Gasteiger partial charge in [-0.3, -0.25) is 4.90 Å². The van der Waals surface area contributed by atoms with Crippen LogP contribution in [0.25, 0.3) is 0 Å². The Labute approximate surface area is 118 Å². The third-order valence-electron chi connectivity index (χ3n) is 4.90. The van der Waals surface area contributed by atoms with Gasteiger partial charge >= 0.3 is 0 Å². The lowest BCUT2D eigenvalue weighted by molar-refractivity contribution is 0.0730. The van der Waals surface area contributed by atoms with E-state index in [-0.39, 0.29) is 6.61 Å². The predicted molar refractivity (Wildman–Crippen MR) is 80.3 cm³/mol. The van der Waals surface area contributed by atoms with Crippen LogP contribution in [-0.4, -0.2) is 48.3 Å². The number of nitrogens with zero attached hydrogens (tertiary/aromatic N) is 1. The molecule has 2 rings (SSSR count). The molecule has 0 bridgehead atoms. The molecule has 1 saturated carbocycles. The average Bonchev–Trinajstić information content (AvgIpc) is 2.46. The number of aliphatic hydroxyl groups excluding tert-OH is 1. The third-order valence-corrected chi connectivity index (χ3v) is 4.90. The topological polar surface area (TPSA) is 35.5 Å². The Balaban J connectivity index is 1.88. The number of rotatable bonds is 6. The molecular formula is C16H32N2O. The first-order valence-corrected chi connectivity index (χ1v) is 8.41. The van der Waals surface area contributed by atoms with E-state index < -0.39 is 0 Å². The lowest BCUT2D eigenvalue weighted by atomic mass is 9.86. The molecule has 0 aromatic rings. The van der Waals surface area contributed by atoms with Crippen LogP contribution >= 0.6 is 0 Å². The summed E-state index contributed by atoms with van der Waals surface area (Å²) >= 11 is 0. The second-order valence-corrected chi connectivity index (χ2v) is 6.51. The SMILES string of the molecule is CCCC1CC(NCCO)CN(C2CCCCC2)C1. The van der Waals surface area contributed by atoms with Crippen LogP contribution in [0.15, 0.2) is 0 Å². The fourth-order valence-electron chi connectivity index (χ4n) is 4.02. The molecule has 3 nitrogen and oxygen atoms in total. The molecule has 1 aliphatic carbocycles. The van der Waals surface area contributed by atoms with E-state index in [9.17, 15) is 0 Å². The minimum absolute atomic E-state index is 0.262. The van der Waals surface area contributed by atoms with Crippen molar-refractivity contribution in [3.63, 3.8) is 0 Å². The Bertz CT molecular complexity index is 241. The second-order valence-electron chi connectivity index (χ2n) is 6.51. The van der Waals surface area contributed by atoms with Crippen LogP contribution in [0.2, 0.25) is 0 Å². The minimum atomic E-state index is 0.262. The van der Waals surface area contributed by atoms with Gasteiger partial charge in [-0.15, -0.1) is 0 Å². The van der Waals surface area contributed by atoms with Gasteiger partial charge in [-0.2, -0.15) is 0 Å². The van der Waals surface area contributed by atoms with Crippen molar-refractivity contribution >= 4 is 0 Å². The summed E-state index contributed by atoms with van der Waals surface area (Å²) in [5.41, 5.74) is 0. The summed E-state index contributed by atoms with van der Waals surface area (Å²) in [7, 11) is 0. The summed E-state index contributed by atoms with van der Waals surface area (Å²) in [6.07, 6.45) is 11.1. The van der Waals surface area contributed by atoms with Gasteiger partial charge in [0.1, 0.15) is 0 Å². The minimum Gasteiger partial charge on any atom is -0.395 e. The molecule has 2 N–H and O–H groups in total. The molecule has 1 aliphatic heterocycles. The largest absolute Gasteiger partial charge is 0.395 e. The van der Waals surface area contributed by atoms with E-state index in [4.69, 9.17) is 5.11 Å². The average molecular weight is 268 g/mol. The van der Waals surface area contributed by atoms with Crippen LogP contribution in [0.3, 0.4) is 0 Å². The zero-order valence-electron chi connectivity index (χ0n) is 12.6. The van der Waals surface area contributed by atoms with Crippen LogP contribution in [0, 0.1) is 5.92 Å². The maximum atomic E-state index is 9.00. The Kier molecular flexibility index (Phi) is 6.62. The molecule has 2 atom stereocenters. The maximum absolute atomic E-state index is 9.00. The smallest absolute Gasteiger partial charge is 0.0556 e. The fraction of sp³-hybridized carbons (Fsp3) is 1.00. The zero-order valence-corrected chi connectivity index (χ0v) is 12.6.